The van der Waals surface area contributed by atoms with E-state index in [0.29, 0.717) is 11.0 Å². The molecule has 1 aliphatic rings. The van der Waals surface area contributed by atoms with Gasteiger partial charge in [0.1, 0.15) is 0 Å². The highest BCUT2D eigenvalue weighted by Crippen LogP contribution is 2.39. The maximum atomic E-state index is 6.47. The van der Waals surface area contributed by atoms with E-state index in [4.69, 9.17) is 8.85 Å². The van der Waals surface area contributed by atoms with Crippen LogP contribution < -0.4 is 0 Å². The van der Waals surface area contributed by atoms with Gasteiger partial charge in [0, 0.05) is 18.9 Å². The molecule has 169 valence electrons. The quantitative estimate of drug-likeness (QED) is 0.184. The predicted molar refractivity (Wildman–Crippen MR) is 134 cm³/mol. The first-order valence-corrected chi connectivity index (χ1v) is 17.5. The molecule has 0 spiro atoms. The van der Waals surface area contributed by atoms with E-state index in [2.05, 4.69) is 98.5 Å². The van der Waals surface area contributed by atoms with Gasteiger partial charge >= 0.3 is 0 Å². The fourth-order valence-corrected chi connectivity index (χ4v) is 5.10. The number of rotatable bonds is 11. The van der Waals surface area contributed by atoms with E-state index in [-0.39, 0.29) is 11.1 Å². The molecule has 4 heteroatoms. The molecular weight excluding hydrogens is 388 g/mol. The van der Waals surface area contributed by atoms with Crippen LogP contribution in [0.25, 0.3) is 0 Å². The van der Waals surface area contributed by atoms with Crippen LogP contribution >= 0.6 is 0 Å². The average molecular weight is 438 g/mol. The van der Waals surface area contributed by atoms with Crippen molar-refractivity contribution in [3.8, 4) is 0 Å². The van der Waals surface area contributed by atoms with Crippen LogP contribution in [0, 0.1) is 12.3 Å². The van der Waals surface area contributed by atoms with Gasteiger partial charge in [-0.3, -0.25) is 0 Å². The van der Waals surface area contributed by atoms with Crippen LogP contribution in [0.1, 0.15) is 73.6 Å². The van der Waals surface area contributed by atoms with E-state index >= 15 is 0 Å². The van der Waals surface area contributed by atoms with Gasteiger partial charge < -0.3 is 8.85 Å². The Bertz CT molecular complexity index is 536. The lowest BCUT2D eigenvalue weighted by Gasteiger charge is -2.38. The summed E-state index contributed by atoms with van der Waals surface area (Å²) in [6, 6.07) is 0. The highest BCUT2D eigenvalue weighted by atomic mass is 28.4. The third kappa shape index (κ3) is 9.24. The van der Waals surface area contributed by atoms with Crippen molar-refractivity contribution in [1.29, 1.82) is 0 Å². The van der Waals surface area contributed by atoms with Gasteiger partial charge in [-0.1, -0.05) is 78.7 Å². The minimum absolute atomic E-state index is 0.187. The van der Waals surface area contributed by atoms with E-state index in [9.17, 15) is 0 Å². The summed E-state index contributed by atoms with van der Waals surface area (Å²) in [6.45, 7) is 24.1. The minimum atomic E-state index is -1.70. The molecule has 0 saturated carbocycles. The first kappa shape index (κ1) is 26.9. The van der Waals surface area contributed by atoms with E-state index < -0.39 is 16.6 Å². The van der Waals surface area contributed by atoms with Crippen LogP contribution in [0.5, 0.6) is 0 Å². The molecule has 2 nitrogen and oxygen atoms in total. The lowest BCUT2D eigenvalue weighted by molar-refractivity contribution is 0.254. The van der Waals surface area contributed by atoms with Crippen molar-refractivity contribution >= 4 is 16.6 Å². The molecule has 0 aliphatic heterocycles. The standard InChI is InChI=1S/C25H49O2Si2/c1-24(2,3)28(7,8)26-20-16-14-12-11-13-15-17-22-18-19-23(21-22)27-29(9,10)25(4,5)6/h15,17-19,21-23H,11-14,16,20H2,1-10H3/t22-,23-/m0/s1. The summed E-state index contributed by atoms with van der Waals surface area (Å²) in [4.78, 5) is 0. The SMILES string of the molecule is CC(C)(C)[Si](C)(C)OCCCCCCC=C[C@@H]1[CH][C@@H](O[Si](C)(C)C(C)(C)C)C=C1. The zero-order valence-electron chi connectivity index (χ0n) is 21.1. The highest BCUT2D eigenvalue weighted by Gasteiger charge is 2.39. The molecule has 0 bridgehead atoms. The van der Waals surface area contributed by atoms with Crippen molar-refractivity contribution in [2.75, 3.05) is 6.61 Å². The topological polar surface area (TPSA) is 18.5 Å². The molecule has 0 unspecified atom stereocenters. The molecule has 0 amide bonds. The van der Waals surface area contributed by atoms with Gasteiger partial charge in [-0.25, -0.2) is 0 Å². The minimum Gasteiger partial charge on any atom is -0.417 e. The molecule has 0 fully saturated rings. The van der Waals surface area contributed by atoms with Gasteiger partial charge in [-0.2, -0.15) is 0 Å². The fraction of sp³-hybridized carbons (Fsp3) is 0.800. The van der Waals surface area contributed by atoms with E-state index in [0.717, 1.165) is 6.61 Å². The summed E-state index contributed by atoms with van der Waals surface area (Å²) < 4.78 is 12.7. The Kier molecular flexibility index (Phi) is 10.1. The van der Waals surface area contributed by atoms with E-state index in [1.54, 1.807) is 0 Å². The van der Waals surface area contributed by atoms with Crippen LogP contribution in [0.2, 0.25) is 36.3 Å². The van der Waals surface area contributed by atoms with Crippen molar-refractivity contribution in [1.82, 2.24) is 0 Å². The molecule has 1 aliphatic carbocycles. The maximum Gasteiger partial charge on any atom is 0.192 e. The van der Waals surface area contributed by atoms with Gasteiger partial charge in [0.05, 0.1) is 6.10 Å². The third-order valence-corrected chi connectivity index (χ3v) is 16.1. The summed E-state index contributed by atoms with van der Waals surface area (Å²) in [5, 5.41) is 0.580. The van der Waals surface area contributed by atoms with Gasteiger partial charge in [0.25, 0.3) is 0 Å². The van der Waals surface area contributed by atoms with Gasteiger partial charge in [-0.15, -0.1) is 0 Å². The van der Waals surface area contributed by atoms with Crippen molar-refractivity contribution in [2.45, 2.75) is 116 Å². The van der Waals surface area contributed by atoms with E-state index in [1.807, 2.05) is 0 Å². The first-order valence-electron chi connectivity index (χ1n) is 11.7. The Morgan fingerprint density at radius 1 is 0.793 bits per heavy atom. The first-order chi connectivity index (χ1) is 13.2. The Balaban J connectivity index is 2.14. The van der Waals surface area contributed by atoms with Crippen LogP contribution in [0.15, 0.2) is 24.3 Å². The molecule has 0 saturated heterocycles. The van der Waals surface area contributed by atoms with Gasteiger partial charge in [0.15, 0.2) is 16.6 Å². The summed E-state index contributed by atoms with van der Waals surface area (Å²) in [5.41, 5.74) is 0. The van der Waals surface area contributed by atoms with Crippen LogP contribution in [-0.4, -0.2) is 29.3 Å². The molecular formula is C25H49O2Si2. The molecule has 29 heavy (non-hydrogen) atoms. The molecule has 0 N–H and O–H groups in total. The zero-order valence-corrected chi connectivity index (χ0v) is 23.1. The normalized spacial score (nSPS) is 21.4. The second kappa shape index (κ2) is 10.9. The van der Waals surface area contributed by atoms with Crippen LogP contribution in [-0.2, 0) is 8.85 Å². The fourth-order valence-electron chi connectivity index (χ4n) is 2.82. The zero-order chi connectivity index (χ0) is 22.3. The van der Waals surface area contributed by atoms with Gasteiger partial charge in [0.2, 0.25) is 0 Å². The molecule has 0 aromatic heterocycles. The van der Waals surface area contributed by atoms with Crippen LogP contribution in [0.4, 0.5) is 0 Å². The largest absolute Gasteiger partial charge is 0.417 e. The molecule has 1 radical (unpaired) electrons. The lowest BCUT2D eigenvalue weighted by atomic mass is 10.1. The molecule has 2 atom stereocenters. The molecule has 1 rings (SSSR count). The third-order valence-electron chi connectivity index (χ3n) is 7.06. The Morgan fingerprint density at radius 2 is 1.38 bits per heavy atom. The summed E-state index contributed by atoms with van der Waals surface area (Å²) >= 11 is 0. The van der Waals surface area contributed by atoms with Crippen molar-refractivity contribution < 1.29 is 8.85 Å². The van der Waals surface area contributed by atoms with Crippen molar-refractivity contribution in [2.24, 2.45) is 5.92 Å². The Hall–Kier alpha value is -0.166. The molecule has 0 heterocycles. The number of hydrogen-bond donors (Lipinski definition) is 0. The van der Waals surface area contributed by atoms with Gasteiger partial charge in [-0.05, 0) is 55.5 Å². The smallest absolute Gasteiger partial charge is 0.192 e. The Morgan fingerprint density at radius 3 is 1.97 bits per heavy atom. The van der Waals surface area contributed by atoms with E-state index in [1.165, 1.54) is 32.1 Å². The number of hydrogen-bond acceptors (Lipinski definition) is 2. The average Bonchev–Trinajstić information content (AvgIpc) is 2.97. The lowest BCUT2D eigenvalue weighted by Crippen LogP contribution is -2.43. The van der Waals surface area contributed by atoms with Crippen molar-refractivity contribution in [3.63, 3.8) is 0 Å². The maximum absolute atomic E-state index is 6.47. The summed E-state index contributed by atoms with van der Waals surface area (Å²) in [5.74, 6) is 0.433. The second-order valence-electron chi connectivity index (χ2n) is 11.7. The van der Waals surface area contributed by atoms with Crippen molar-refractivity contribution in [3.05, 3.63) is 30.7 Å². The summed E-state index contributed by atoms with van der Waals surface area (Å²) in [7, 11) is -3.26. The van der Waals surface area contributed by atoms with Crippen LogP contribution in [0.3, 0.4) is 0 Å². The number of allylic oxidation sites excluding steroid dienone is 3. The second-order valence-corrected chi connectivity index (χ2v) is 21.3. The number of unbranched alkanes of at least 4 members (excludes halogenated alkanes) is 4. The Labute approximate surface area is 184 Å². The summed E-state index contributed by atoms with van der Waals surface area (Å²) in [6.07, 6.45) is 18.0. The predicted octanol–water partition coefficient (Wildman–Crippen LogP) is 8.30. The highest BCUT2D eigenvalue weighted by molar-refractivity contribution is 6.74. The monoisotopic (exact) mass is 437 g/mol. The molecule has 0 aromatic carbocycles. The molecule has 0 aromatic rings.